The first kappa shape index (κ1) is 15.8. The molecule has 6 heteroatoms. The summed E-state index contributed by atoms with van der Waals surface area (Å²) in [6, 6.07) is -1.29. The highest BCUT2D eigenvalue weighted by Crippen LogP contribution is 2.18. The zero-order valence-corrected chi connectivity index (χ0v) is 11.6. The van der Waals surface area contributed by atoms with Crippen molar-refractivity contribution in [2.24, 2.45) is 0 Å². The van der Waals surface area contributed by atoms with E-state index in [0.717, 1.165) is 25.7 Å². The quantitative estimate of drug-likeness (QED) is 0.633. The maximum absolute atomic E-state index is 12.0. The first-order valence-electron chi connectivity index (χ1n) is 6.93. The van der Waals surface area contributed by atoms with Gasteiger partial charge in [-0.05, 0) is 13.3 Å². The molecule has 3 atom stereocenters. The molecule has 0 aromatic heterocycles. The van der Waals surface area contributed by atoms with Gasteiger partial charge in [0.25, 0.3) is 0 Å². The predicted octanol–water partition coefficient (Wildman–Crippen LogP) is 1.18. The Balaban J connectivity index is 2.45. The molecule has 1 unspecified atom stereocenters. The normalized spacial score (nSPS) is 24.3. The van der Waals surface area contributed by atoms with Gasteiger partial charge in [-0.15, -0.1) is 0 Å². The Kier molecular flexibility index (Phi) is 6.08. The molecule has 1 aliphatic rings. The smallest absolute Gasteiger partial charge is 0.326 e. The average Bonchev–Trinajstić information content (AvgIpc) is 2.72. The minimum absolute atomic E-state index is 0.0197. The lowest BCUT2D eigenvalue weighted by atomic mass is 10.1. The summed E-state index contributed by atoms with van der Waals surface area (Å²) in [5, 5.41) is 21.3. The number of nitrogens with zero attached hydrogens (tertiary/aromatic N) is 1. The zero-order valence-electron chi connectivity index (χ0n) is 11.6. The van der Waals surface area contributed by atoms with E-state index in [1.807, 2.05) is 6.92 Å². The molecule has 0 aliphatic carbocycles. The summed E-state index contributed by atoms with van der Waals surface area (Å²) in [7, 11) is 0. The minimum Gasteiger partial charge on any atom is -0.480 e. The molecule has 1 fully saturated rings. The Labute approximate surface area is 113 Å². The molecule has 6 nitrogen and oxygen atoms in total. The fraction of sp³-hybridized carbons (Fsp3) is 0.846. The number of carboxylic acids is 1. The van der Waals surface area contributed by atoms with Crippen molar-refractivity contribution in [2.45, 2.75) is 64.1 Å². The number of aliphatic hydroxyl groups is 1. The molecule has 110 valence electrons. The molecule has 0 spiro atoms. The summed E-state index contributed by atoms with van der Waals surface area (Å²) in [5.41, 5.74) is 0. The van der Waals surface area contributed by atoms with Crippen LogP contribution in [-0.2, 0) is 4.79 Å². The predicted molar refractivity (Wildman–Crippen MR) is 70.9 cm³/mol. The number of aliphatic hydroxyl groups excluding tert-OH is 1. The number of aliphatic carboxylic acids is 1. The number of unbranched alkanes of at least 4 members (excludes halogenated alkanes) is 2. The van der Waals surface area contributed by atoms with Crippen molar-refractivity contribution in [3.05, 3.63) is 0 Å². The highest BCUT2D eigenvalue weighted by atomic mass is 16.4. The molecule has 0 radical (unpaired) electrons. The van der Waals surface area contributed by atoms with Crippen molar-refractivity contribution < 1.29 is 19.8 Å². The van der Waals surface area contributed by atoms with Gasteiger partial charge in [0.15, 0.2) is 0 Å². The largest absolute Gasteiger partial charge is 0.480 e. The van der Waals surface area contributed by atoms with Gasteiger partial charge in [0.2, 0.25) is 0 Å². The second-order valence-electron chi connectivity index (χ2n) is 5.24. The fourth-order valence-electron chi connectivity index (χ4n) is 2.34. The topological polar surface area (TPSA) is 89.9 Å². The van der Waals surface area contributed by atoms with Crippen LogP contribution in [0.2, 0.25) is 0 Å². The van der Waals surface area contributed by atoms with Gasteiger partial charge in [0.1, 0.15) is 6.04 Å². The number of hydrogen-bond donors (Lipinski definition) is 3. The van der Waals surface area contributed by atoms with Gasteiger partial charge in [-0.25, -0.2) is 9.59 Å². The first-order chi connectivity index (χ1) is 8.95. The molecular weight excluding hydrogens is 248 g/mol. The number of rotatable bonds is 6. The van der Waals surface area contributed by atoms with Gasteiger partial charge < -0.3 is 20.4 Å². The van der Waals surface area contributed by atoms with Gasteiger partial charge in [-0.2, -0.15) is 0 Å². The Bertz CT molecular complexity index is 322. The van der Waals surface area contributed by atoms with Crippen LogP contribution in [0.15, 0.2) is 0 Å². The van der Waals surface area contributed by atoms with Gasteiger partial charge in [-0.1, -0.05) is 26.2 Å². The minimum atomic E-state index is -1.06. The van der Waals surface area contributed by atoms with Crippen LogP contribution < -0.4 is 5.32 Å². The summed E-state index contributed by atoms with van der Waals surface area (Å²) < 4.78 is 0. The fourth-order valence-corrected chi connectivity index (χ4v) is 2.34. The monoisotopic (exact) mass is 272 g/mol. The molecule has 1 aliphatic heterocycles. The lowest BCUT2D eigenvalue weighted by molar-refractivity contribution is -0.141. The van der Waals surface area contributed by atoms with Crippen LogP contribution in [-0.4, -0.2) is 51.8 Å². The molecular formula is C13H24N2O4. The number of carboxylic acid groups (broad SMARTS) is 1. The van der Waals surface area contributed by atoms with Crippen molar-refractivity contribution in [2.75, 3.05) is 6.54 Å². The Morgan fingerprint density at radius 1 is 1.42 bits per heavy atom. The summed E-state index contributed by atoms with van der Waals surface area (Å²) in [6.45, 7) is 4.12. The van der Waals surface area contributed by atoms with Gasteiger partial charge in [-0.3, -0.25) is 0 Å². The van der Waals surface area contributed by atoms with Crippen molar-refractivity contribution in [3.8, 4) is 0 Å². The summed E-state index contributed by atoms with van der Waals surface area (Å²) in [6.07, 6.45) is 3.53. The Morgan fingerprint density at radius 2 is 2.11 bits per heavy atom. The highest BCUT2D eigenvalue weighted by Gasteiger charge is 2.39. The van der Waals surface area contributed by atoms with E-state index in [1.165, 1.54) is 4.90 Å². The van der Waals surface area contributed by atoms with E-state index in [9.17, 15) is 14.7 Å². The van der Waals surface area contributed by atoms with Crippen LogP contribution in [0, 0.1) is 0 Å². The third-order valence-corrected chi connectivity index (χ3v) is 3.44. The molecule has 0 aromatic rings. The number of β-amino-alcohol motifs (C(OH)–C–C–N with tert-alkyl or cyclic N) is 1. The van der Waals surface area contributed by atoms with Crippen molar-refractivity contribution in [1.29, 1.82) is 0 Å². The van der Waals surface area contributed by atoms with Crippen LogP contribution in [0.3, 0.4) is 0 Å². The number of hydrogen-bond acceptors (Lipinski definition) is 3. The SMILES string of the molecule is CCCCCC(C)NC(=O)N1C[C@H](O)C[C@@H]1C(=O)O. The summed E-state index contributed by atoms with van der Waals surface area (Å²) in [5.74, 6) is -1.06. The number of nitrogens with one attached hydrogen (secondary N) is 1. The second kappa shape index (κ2) is 7.33. The van der Waals surface area contributed by atoms with Crippen LogP contribution in [0.1, 0.15) is 46.0 Å². The van der Waals surface area contributed by atoms with E-state index >= 15 is 0 Å². The number of amides is 2. The van der Waals surface area contributed by atoms with Gasteiger partial charge in [0, 0.05) is 19.0 Å². The van der Waals surface area contributed by atoms with E-state index in [-0.39, 0.29) is 19.0 Å². The van der Waals surface area contributed by atoms with Crippen LogP contribution in [0.25, 0.3) is 0 Å². The molecule has 0 saturated carbocycles. The van der Waals surface area contributed by atoms with E-state index in [2.05, 4.69) is 12.2 Å². The third kappa shape index (κ3) is 4.70. The van der Waals surface area contributed by atoms with Gasteiger partial charge in [0.05, 0.1) is 6.10 Å². The lowest BCUT2D eigenvalue weighted by Gasteiger charge is -2.24. The number of likely N-dealkylation sites (tertiary alicyclic amines) is 1. The molecule has 0 aromatic carbocycles. The number of carbonyl (C=O) groups excluding carboxylic acids is 1. The van der Waals surface area contributed by atoms with Crippen molar-refractivity contribution >= 4 is 12.0 Å². The maximum Gasteiger partial charge on any atom is 0.326 e. The standard InChI is InChI=1S/C13H24N2O4/c1-3-4-5-6-9(2)14-13(19)15-8-10(16)7-11(15)12(17)18/h9-11,16H,3-8H2,1-2H3,(H,14,19)(H,17,18)/t9?,10-,11-/m1/s1. The molecule has 3 N–H and O–H groups in total. The van der Waals surface area contributed by atoms with Crippen molar-refractivity contribution in [1.82, 2.24) is 10.2 Å². The second-order valence-corrected chi connectivity index (χ2v) is 5.24. The Morgan fingerprint density at radius 3 is 2.68 bits per heavy atom. The number of carbonyl (C=O) groups is 2. The highest BCUT2D eigenvalue weighted by molar-refractivity contribution is 5.83. The summed E-state index contributed by atoms with van der Waals surface area (Å²) >= 11 is 0. The van der Waals surface area contributed by atoms with E-state index in [4.69, 9.17) is 5.11 Å². The van der Waals surface area contributed by atoms with Gasteiger partial charge >= 0.3 is 12.0 Å². The average molecular weight is 272 g/mol. The van der Waals surface area contributed by atoms with E-state index in [0.29, 0.717) is 0 Å². The number of urea groups is 1. The summed E-state index contributed by atoms with van der Waals surface area (Å²) in [4.78, 5) is 24.2. The van der Waals surface area contributed by atoms with Crippen LogP contribution in [0.4, 0.5) is 4.79 Å². The van der Waals surface area contributed by atoms with E-state index < -0.39 is 24.1 Å². The van der Waals surface area contributed by atoms with E-state index in [1.54, 1.807) is 0 Å². The molecule has 2 amide bonds. The molecule has 1 rings (SSSR count). The lowest BCUT2D eigenvalue weighted by Crippen LogP contribution is -2.48. The molecule has 0 bridgehead atoms. The van der Waals surface area contributed by atoms with Crippen LogP contribution in [0.5, 0.6) is 0 Å². The van der Waals surface area contributed by atoms with Crippen molar-refractivity contribution in [3.63, 3.8) is 0 Å². The maximum atomic E-state index is 12.0. The Hall–Kier alpha value is -1.30. The molecule has 1 saturated heterocycles. The molecule has 1 heterocycles. The zero-order chi connectivity index (χ0) is 14.4. The first-order valence-corrected chi connectivity index (χ1v) is 6.93. The molecule has 19 heavy (non-hydrogen) atoms. The van der Waals surface area contributed by atoms with Crippen LogP contribution >= 0.6 is 0 Å². The third-order valence-electron chi connectivity index (χ3n) is 3.44.